The van der Waals surface area contributed by atoms with E-state index in [1.54, 1.807) is 44.2 Å². The second-order valence-electron chi connectivity index (χ2n) is 13.2. The molecule has 0 amide bonds. The summed E-state index contributed by atoms with van der Waals surface area (Å²) in [5, 5.41) is 21.1. The molecular weight excluding hydrogens is 524 g/mol. The molecule has 0 spiro atoms. The molecule has 8 heteroatoms. The van der Waals surface area contributed by atoms with Crippen LogP contribution in [0.5, 0.6) is 0 Å². The van der Waals surface area contributed by atoms with Gasteiger partial charge in [0.2, 0.25) is 0 Å². The maximum atomic E-state index is 14.9. The van der Waals surface area contributed by atoms with Crippen LogP contribution in [0, 0.1) is 16.7 Å². The molecule has 41 heavy (non-hydrogen) atoms. The van der Waals surface area contributed by atoms with Crippen LogP contribution < -0.4 is 0 Å². The number of carbonyl (C=O) groups is 3. The van der Waals surface area contributed by atoms with E-state index in [0.717, 1.165) is 11.1 Å². The molecule has 0 aromatic heterocycles. The highest BCUT2D eigenvalue weighted by molar-refractivity contribution is 6.41. The second-order valence-corrected chi connectivity index (χ2v) is 13.2. The number of hydrogen-bond donors (Lipinski definition) is 2. The van der Waals surface area contributed by atoms with E-state index in [9.17, 15) is 24.7 Å². The van der Waals surface area contributed by atoms with Crippen LogP contribution in [-0.2, 0) is 29.0 Å². The number of benzene rings is 1. The molecule has 0 radical (unpaired) electrons. The first-order valence-electron chi connectivity index (χ1n) is 14.2. The number of fused-ring (bicyclic) bond motifs is 3. The van der Waals surface area contributed by atoms with Gasteiger partial charge in [0.1, 0.15) is 28.6 Å². The normalized spacial score (nSPS) is 33.0. The molecule has 8 nitrogen and oxygen atoms in total. The molecule has 2 aliphatic carbocycles. The largest absolute Gasteiger partial charge is 0.506 e. The van der Waals surface area contributed by atoms with E-state index in [2.05, 4.69) is 0 Å². The highest BCUT2D eigenvalue weighted by Crippen LogP contribution is 2.60. The quantitative estimate of drug-likeness (QED) is 0.0728. The van der Waals surface area contributed by atoms with Crippen LogP contribution in [0.15, 0.2) is 59.2 Å². The van der Waals surface area contributed by atoms with Crippen molar-refractivity contribution in [2.45, 2.75) is 97.9 Å². The predicted octanol–water partition coefficient (Wildman–Crippen LogP) is 6.52. The Morgan fingerprint density at radius 3 is 2.12 bits per heavy atom. The summed E-state index contributed by atoms with van der Waals surface area (Å²) < 4.78 is 0. The van der Waals surface area contributed by atoms with Crippen LogP contribution >= 0.6 is 0 Å². The Morgan fingerprint density at radius 1 is 1.00 bits per heavy atom. The fourth-order valence-corrected chi connectivity index (χ4v) is 6.56. The molecule has 5 atom stereocenters. The first-order chi connectivity index (χ1) is 19.1. The summed E-state index contributed by atoms with van der Waals surface area (Å²) in [6.45, 7) is 12.7. The van der Waals surface area contributed by atoms with Crippen molar-refractivity contribution < 1.29 is 39.4 Å². The van der Waals surface area contributed by atoms with Crippen LogP contribution in [0.1, 0.15) is 86.1 Å². The number of carbonyl (C=O) groups excluding carboxylic acids is 3. The second kappa shape index (κ2) is 11.1. The number of aliphatic hydroxyl groups is 1. The standard InChI is InChI=1S/C33H42O8/c1-20(2)13-15-32-18-23-17-24(30(5,6)40-38)39-41-31(23,7)19-33(29(32)37,16-14-21(3)4)28(36)25(27(32)35)26(34)22-11-9-8-10-12-22/h8-14,23-24,34,38H,15-19H2,1-7H3/b26-25-/t23-,24+,31-,32-,33+/m1/s1. The number of rotatable bonds is 7. The molecular formula is C33H42O8. The van der Waals surface area contributed by atoms with E-state index in [1.165, 1.54) is 0 Å². The van der Waals surface area contributed by atoms with Crippen molar-refractivity contribution in [3.05, 3.63) is 64.8 Å². The van der Waals surface area contributed by atoms with E-state index in [-0.39, 0.29) is 31.3 Å². The van der Waals surface area contributed by atoms with Crippen LogP contribution in [-0.4, -0.2) is 45.0 Å². The Labute approximate surface area is 241 Å². The Balaban J connectivity index is 2.02. The zero-order valence-electron chi connectivity index (χ0n) is 25.1. The fraction of sp³-hybridized carbons (Fsp3) is 0.545. The molecule has 1 aliphatic heterocycles. The lowest BCUT2D eigenvalue weighted by Gasteiger charge is -2.47. The number of aliphatic hydroxyl groups excluding tert-OH is 1. The first-order valence-corrected chi connectivity index (χ1v) is 14.2. The van der Waals surface area contributed by atoms with Gasteiger partial charge in [-0.25, -0.2) is 14.7 Å². The topological polar surface area (TPSA) is 119 Å². The maximum absolute atomic E-state index is 14.9. The van der Waals surface area contributed by atoms with Crippen molar-refractivity contribution >= 4 is 23.1 Å². The minimum atomic E-state index is -1.67. The lowest BCUT2D eigenvalue weighted by Crippen LogP contribution is -2.58. The monoisotopic (exact) mass is 566 g/mol. The lowest BCUT2D eigenvalue weighted by atomic mass is 9.54. The van der Waals surface area contributed by atoms with Crippen molar-refractivity contribution in [2.75, 3.05) is 0 Å². The van der Waals surface area contributed by atoms with Gasteiger partial charge in [-0.15, -0.1) is 0 Å². The molecule has 1 aromatic carbocycles. The molecule has 3 fully saturated rings. The van der Waals surface area contributed by atoms with E-state index in [4.69, 9.17) is 14.7 Å². The molecule has 1 saturated heterocycles. The Kier molecular flexibility index (Phi) is 8.37. The number of hydrogen-bond acceptors (Lipinski definition) is 8. The van der Waals surface area contributed by atoms with Crippen LogP contribution in [0.4, 0.5) is 0 Å². The van der Waals surface area contributed by atoms with Crippen molar-refractivity contribution in [3.63, 3.8) is 0 Å². The van der Waals surface area contributed by atoms with Crippen LogP contribution in [0.3, 0.4) is 0 Å². The first kappa shape index (κ1) is 31.0. The van der Waals surface area contributed by atoms with Gasteiger partial charge in [0.05, 0.1) is 10.8 Å². The minimum absolute atomic E-state index is 0.0331. The Bertz CT molecular complexity index is 1310. The SMILES string of the molecule is CC(C)=CC[C@]12C[C@@]3(C)OO[C@H](C(C)(C)OO)C[C@@H]3C[C@](CC=C(C)C)(C(=O)/C(=C(/O)c3ccccc3)C1=O)C2=O. The van der Waals surface area contributed by atoms with Gasteiger partial charge in [-0.1, -0.05) is 53.6 Å². The third kappa shape index (κ3) is 5.27. The van der Waals surface area contributed by atoms with Gasteiger partial charge in [0.15, 0.2) is 17.3 Å². The zero-order chi connectivity index (χ0) is 30.4. The summed E-state index contributed by atoms with van der Waals surface area (Å²) in [4.78, 5) is 60.6. The molecule has 2 N–H and O–H groups in total. The smallest absolute Gasteiger partial charge is 0.184 e. The van der Waals surface area contributed by atoms with Crippen molar-refractivity contribution in [3.8, 4) is 0 Å². The number of ketones is 3. The third-order valence-electron chi connectivity index (χ3n) is 9.17. The summed E-state index contributed by atoms with van der Waals surface area (Å²) in [6, 6.07) is 8.47. The van der Waals surface area contributed by atoms with Gasteiger partial charge in [-0.3, -0.25) is 19.6 Å². The third-order valence-corrected chi connectivity index (χ3v) is 9.17. The molecule has 222 valence electrons. The zero-order valence-corrected chi connectivity index (χ0v) is 25.1. The molecule has 3 aliphatic rings. The number of Topliss-reactive ketones (excluding diaryl/α,β-unsaturated/α-hetero) is 3. The molecule has 2 saturated carbocycles. The summed E-state index contributed by atoms with van der Waals surface area (Å²) in [5.41, 5.74) is -3.69. The average molecular weight is 567 g/mol. The van der Waals surface area contributed by atoms with Gasteiger partial charge in [0.25, 0.3) is 0 Å². The summed E-state index contributed by atoms with van der Waals surface area (Å²) in [5.74, 6) is -2.62. The van der Waals surface area contributed by atoms with E-state index >= 15 is 0 Å². The maximum Gasteiger partial charge on any atom is 0.184 e. The van der Waals surface area contributed by atoms with E-state index in [0.29, 0.717) is 12.0 Å². The van der Waals surface area contributed by atoms with Crippen molar-refractivity contribution in [1.29, 1.82) is 0 Å². The average Bonchev–Trinajstić information content (AvgIpc) is 3.00. The highest BCUT2D eigenvalue weighted by atomic mass is 17.2. The summed E-state index contributed by atoms with van der Waals surface area (Å²) in [7, 11) is 0. The van der Waals surface area contributed by atoms with Crippen LogP contribution in [0.25, 0.3) is 5.76 Å². The van der Waals surface area contributed by atoms with Crippen LogP contribution in [0.2, 0.25) is 0 Å². The van der Waals surface area contributed by atoms with Crippen molar-refractivity contribution in [2.24, 2.45) is 16.7 Å². The fourth-order valence-electron chi connectivity index (χ4n) is 6.56. The van der Waals surface area contributed by atoms with Gasteiger partial charge in [-0.05, 0) is 86.5 Å². The number of allylic oxidation sites excluding steroid dienone is 5. The van der Waals surface area contributed by atoms with E-state index in [1.807, 2.05) is 46.8 Å². The van der Waals surface area contributed by atoms with E-state index < -0.39 is 57.2 Å². The predicted molar refractivity (Wildman–Crippen MR) is 153 cm³/mol. The lowest BCUT2D eigenvalue weighted by molar-refractivity contribution is -0.460. The summed E-state index contributed by atoms with van der Waals surface area (Å²) >= 11 is 0. The van der Waals surface area contributed by atoms with Gasteiger partial charge in [0, 0.05) is 5.56 Å². The molecule has 4 rings (SSSR count). The Morgan fingerprint density at radius 2 is 1.56 bits per heavy atom. The molecule has 1 aromatic rings. The molecule has 0 unspecified atom stereocenters. The van der Waals surface area contributed by atoms with Crippen molar-refractivity contribution in [1.82, 2.24) is 0 Å². The minimum Gasteiger partial charge on any atom is -0.506 e. The Hall–Kier alpha value is -2.91. The summed E-state index contributed by atoms with van der Waals surface area (Å²) in [6.07, 6.45) is 3.51. The van der Waals surface area contributed by atoms with Gasteiger partial charge in [-0.2, -0.15) is 0 Å². The highest BCUT2D eigenvalue weighted by Gasteiger charge is 2.70. The van der Waals surface area contributed by atoms with Gasteiger partial charge < -0.3 is 5.11 Å². The molecule has 1 heterocycles. The molecule has 2 bridgehead atoms. The van der Waals surface area contributed by atoms with Gasteiger partial charge >= 0.3 is 0 Å².